The van der Waals surface area contributed by atoms with E-state index in [1.54, 1.807) is 14.2 Å². The van der Waals surface area contributed by atoms with Crippen LogP contribution >= 0.6 is 0 Å². The molecule has 0 bridgehead atoms. The van der Waals surface area contributed by atoms with Crippen molar-refractivity contribution >= 4 is 5.69 Å². The SMILES string of the molecule is CNc1c(-c2ccc(OC)cc2)c(-c2ccccc2)oc(=O)c1C#N. The van der Waals surface area contributed by atoms with Crippen LogP contribution in [0.15, 0.2) is 63.8 Å². The predicted molar refractivity (Wildman–Crippen MR) is 96.7 cm³/mol. The first kappa shape index (κ1) is 16.3. The van der Waals surface area contributed by atoms with Gasteiger partial charge in [0.2, 0.25) is 0 Å². The first-order valence-corrected chi connectivity index (χ1v) is 7.68. The largest absolute Gasteiger partial charge is 0.497 e. The molecule has 0 saturated heterocycles. The van der Waals surface area contributed by atoms with Gasteiger partial charge in [-0.15, -0.1) is 0 Å². The van der Waals surface area contributed by atoms with Gasteiger partial charge in [0.05, 0.1) is 12.8 Å². The molecule has 0 atom stereocenters. The minimum absolute atomic E-state index is 0.0481. The molecule has 0 fully saturated rings. The molecule has 0 aliphatic carbocycles. The maximum Gasteiger partial charge on any atom is 0.356 e. The fourth-order valence-electron chi connectivity index (χ4n) is 2.71. The molecule has 2 aromatic carbocycles. The maximum atomic E-state index is 12.3. The van der Waals surface area contributed by atoms with Crippen molar-refractivity contribution in [3.8, 4) is 34.3 Å². The number of ether oxygens (including phenoxy) is 1. The van der Waals surface area contributed by atoms with E-state index in [-0.39, 0.29) is 5.56 Å². The molecule has 3 aromatic rings. The maximum absolute atomic E-state index is 12.3. The van der Waals surface area contributed by atoms with Crippen molar-refractivity contribution in [2.45, 2.75) is 0 Å². The van der Waals surface area contributed by atoms with Crippen molar-refractivity contribution in [1.82, 2.24) is 0 Å². The standard InChI is InChI=1S/C20H16N2O3/c1-22-18-16(12-21)20(23)25-19(14-6-4-3-5-7-14)17(18)13-8-10-15(24-2)11-9-13/h3-11,22H,1-2H3. The zero-order chi connectivity index (χ0) is 17.8. The Balaban J connectivity index is 2.37. The van der Waals surface area contributed by atoms with E-state index in [4.69, 9.17) is 9.15 Å². The van der Waals surface area contributed by atoms with Crippen LogP contribution in [0.4, 0.5) is 5.69 Å². The Morgan fingerprint density at radius 3 is 2.28 bits per heavy atom. The molecule has 0 unspecified atom stereocenters. The van der Waals surface area contributed by atoms with E-state index < -0.39 is 5.63 Å². The van der Waals surface area contributed by atoms with Gasteiger partial charge in [0.15, 0.2) is 5.56 Å². The quantitative estimate of drug-likeness (QED) is 0.784. The summed E-state index contributed by atoms with van der Waals surface area (Å²) in [5.41, 5.74) is 1.96. The van der Waals surface area contributed by atoms with Gasteiger partial charge in [-0.3, -0.25) is 0 Å². The van der Waals surface area contributed by atoms with E-state index >= 15 is 0 Å². The normalized spacial score (nSPS) is 10.1. The second-order valence-electron chi connectivity index (χ2n) is 5.30. The van der Waals surface area contributed by atoms with Crippen molar-refractivity contribution in [2.75, 3.05) is 19.5 Å². The molecule has 0 saturated carbocycles. The average Bonchev–Trinajstić information content (AvgIpc) is 2.67. The van der Waals surface area contributed by atoms with Crippen LogP contribution in [-0.4, -0.2) is 14.2 Å². The number of anilines is 1. The molecule has 25 heavy (non-hydrogen) atoms. The number of hydrogen-bond acceptors (Lipinski definition) is 5. The summed E-state index contributed by atoms with van der Waals surface area (Å²) in [7, 11) is 3.27. The van der Waals surface area contributed by atoms with E-state index in [0.717, 1.165) is 11.1 Å². The van der Waals surface area contributed by atoms with Gasteiger partial charge in [0, 0.05) is 18.2 Å². The number of nitrogens with zero attached hydrogens (tertiary/aromatic N) is 1. The van der Waals surface area contributed by atoms with Crippen LogP contribution in [0.25, 0.3) is 22.5 Å². The van der Waals surface area contributed by atoms with Gasteiger partial charge < -0.3 is 14.5 Å². The third-order valence-electron chi connectivity index (χ3n) is 3.90. The van der Waals surface area contributed by atoms with Crippen molar-refractivity contribution in [2.24, 2.45) is 0 Å². The van der Waals surface area contributed by atoms with Crippen molar-refractivity contribution in [1.29, 1.82) is 5.26 Å². The lowest BCUT2D eigenvalue weighted by Gasteiger charge is -2.15. The molecule has 1 N–H and O–H groups in total. The molecule has 0 amide bonds. The lowest BCUT2D eigenvalue weighted by molar-refractivity contribution is 0.415. The van der Waals surface area contributed by atoms with E-state index in [1.807, 2.05) is 60.7 Å². The highest BCUT2D eigenvalue weighted by Crippen LogP contribution is 2.38. The summed E-state index contributed by atoms with van der Waals surface area (Å²) in [6, 6.07) is 18.6. The Kier molecular flexibility index (Phi) is 4.53. The molecular weight excluding hydrogens is 316 g/mol. The van der Waals surface area contributed by atoms with Crippen molar-refractivity contribution in [3.05, 3.63) is 70.6 Å². The highest BCUT2D eigenvalue weighted by molar-refractivity contribution is 5.91. The highest BCUT2D eigenvalue weighted by Gasteiger charge is 2.21. The molecule has 124 valence electrons. The van der Waals surface area contributed by atoms with Crippen LogP contribution in [0, 0.1) is 11.3 Å². The zero-order valence-electron chi connectivity index (χ0n) is 13.9. The molecule has 5 nitrogen and oxygen atoms in total. The van der Waals surface area contributed by atoms with Gasteiger partial charge in [-0.2, -0.15) is 5.26 Å². The monoisotopic (exact) mass is 332 g/mol. The summed E-state index contributed by atoms with van der Waals surface area (Å²) in [6.45, 7) is 0. The van der Waals surface area contributed by atoms with E-state index in [0.29, 0.717) is 22.8 Å². The molecule has 5 heteroatoms. The molecule has 3 rings (SSSR count). The summed E-state index contributed by atoms with van der Waals surface area (Å²) in [4.78, 5) is 12.3. The van der Waals surface area contributed by atoms with Crippen molar-refractivity contribution < 1.29 is 9.15 Å². The second kappa shape index (κ2) is 6.93. The Morgan fingerprint density at radius 2 is 1.72 bits per heavy atom. The number of hydrogen-bond donors (Lipinski definition) is 1. The number of benzene rings is 2. The Bertz CT molecular complexity index is 984. The van der Waals surface area contributed by atoms with E-state index in [9.17, 15) is 10.1 Å². The third-order valence-corrected chi connectivity index (χ3v) is 3.90. The van der Waals surface area contributed by atoms with Crippen LogP contribution in [0.5, 0.6) is 5.75 Å². The van der Waals surface area contributed by atoms with Crippen molar-refractivity contribution in [3.63, 3.8) is 0 Å². The highest BCUT2D eigenvalue weighted by atomic mass is 16.5. The predicted octanol–water partition coefficient (Wildman–Crippen LogP) is 3.90. The number of nitrogens with one attached hydrogen (secondary N) is 1. The minimum Gasteiger partial charge on any atom is -0.497 e. The molecular formula is C20H16N2O3. The number of rotatable bonds is 4. The van der Waals surface area contributed by atoms with Gasteiger partial charge in [-0.1, -0.05) is 42.5 Å². The molecule has 1 aromatic heterocycles. The lowest BCUT2D eigenvalue weighted by atomic mass is 9.97. The van der Waals surface area contributed by atoms with E-state index in [1.165, 1.54) is 0 Å². The van der Waals surface area contributed by atoms with Gasteiger partial charge in [0.25, 0.3) is 0 Å². The van der Waals surface area contributed by atoms with Gasteiger partial charge in [-0.05, 0) is 17.7 Å². The summed E-state index contributed by atoms with van der Waals surface area (Å²) < 4.78 is 10.7. The molecule has 0 spiro atoms. The fraction of sp³-hybridized carbons (Fsp3) is 0.100. The van der Waals surface area contributed by atoms with Crippen LogP contribution in [0.1, 0.15) is 5.56 Å². The van der Waals surface area contributed by atoms with Crippen LogP contribution in [0.2, 0.25) is 0 Å². The van der Waals surface area contributed by atoms with Crippen LogP contribution in [-0.2, 0) is 0 Å². The first-order chi connectivity index (χ1) is 12.2. The Hall–Kier alpha value is -3.52. The Labute approximate surface area is 145 Å². The summed E-state index contributed by atoms with van der Waals surface area (Å²) >= 11 is 0. The van der Waals surface area contributed by atoms with E-state index in [2.05, 4.69) is 5.32 Å². The Morgan fingerprint density at radius 1 is 1.04 bits per heavy atom. The van der Waals surface area contributed by atoms with Crippen LogP contribution in [0.3, 0.4) is 0 Å². The summed E-state index contributed by atoms with van der Waals surface area (Å²) in [6.07, 6.45) is 0. The summed E-state index contributed by atoms with van der Waals surface area (Å²) in [5.74, 6) is 1.13. The smallest absolute Gasteiger partial charge is 0.356 e. The van der Waals surface area contributed by atoms with Gasteiger partial charge in [-0.25, -0.2) is 4.79 Å². The summed E-state index contributed by atoms with van der Waals surface area (Å²) in [5, 5.41) is 12.4. The zero-order valence-corrected chi connectivity index (χ0v) is 13.9. The van der Waals surface area contributed by atoms with Gasteiger partial charge >= 0.3 is 5.63 Å². The minimum atomic E-state index is -0.664. The molecule has 1 heterocycles. The van der Waals surface area contributed by atoms with Gasteiger partial charge in [0.1, 0.15) is 17.6 Å². The first-order valence-electron chi connectivity index (χ1n) is 7.68. The molecule has 0 aliphatic heterocycles. The average molecular weight is 332 g/mol. The number of methoxy groups -OCH3 is 1. The third kappa shape index (κ3) is 2.98. The number of nitriles is 1. The molecule has 0 aliphatic rings. The lowest BCUT2D eigenvalue weighted by Crippen LogP contribution is -2.11. The van der Waals surface area contributed by atoms with Crippen LogP contribution < -0.4 is 15.7 Å². The fourth-order valence-corrected chi connectivity index (χ4v) is 2.71. The molecule has 0 radical (unpaired) electrons. The topological polar surface area (TPSA) is 75.3 Å². The second-order valence-corrected chi connectivity index (χ2v) is 5.30.